The zero-order valence-corrected chi connectivity index (χ0v) is 13.5. The van der Waals surface area contributed by atoms with Crippen LogP contribution in [0.1, 0.15) is 12.6 Å². The van der Waals surface area contributed by atoms with Crippen LogP contribution >= 0.6 is 11.6 Å². The topological polar surface area (TPSA) is 45.6 Å². The van der Waals surface area contributed by atoms with Gasteiger partial charge in [0.05, 0.1) is 5.88 Å². The van der Waals surface area contributed by atoms with Gasteiger partial charge in [0.2, 0.25) is 10.0 Å². The van der Waals surface area contributed by atoms with E-state index in [1.165, 1.54) is 4.31 Å². The highest BCUT2D eigenvalue weighted by atomic mass is 35.5. The van der Waals surface area contributed by atoms with Crippen LogP contribution in [0.25, 0.3) is 0 Å². The molecule has 0 aromatic carbocycles. The Morgan fingerprint density at radius 2 is 1.89 bits per heavy atom. The van der Waals surface area contributed by atoms with Crippen LogP contribution in [0.15, 0.2) is 17.2 Å². The number of aryl methyl sites for hydroxylation is 1. The summed E-state index contributed by atoms with van der Waals surface area (Å²) in [5.41, 5.74) is 0.823. The minimum Gasteiger partial charge on any atom is -0.349 e. The van der Waals surface area contributed by atoms with Gasteiger partial charge in [-0.1, -0.05) is 0 Å². The molecule has 1 rings (SSSR count). The van der Waals surface area contributed by atoms with Crippen molar-refractivity contribution in [3.8, 4) is 0 Å². The van der Waals surface area contributed by atoms with Crippen molar-refractivity contribution in [2.75, 3.05) is 34.2 Å². The second-order valence-electron chi connectivity index (χ2n) is 4.72. The molecule has 110 valence electrons. The first kappa shape index (κ1) is 16.5. The lowest BCUT2D eigenvalue weighted by Crippen LogP contribution is -2.33. The standard InChI is InChI=1S/C12H22ClN3O2S/c1-5-16-10-12(8-11(16)9-13)19(17,18)15(4)7-6-14(2)3/h8,10H,5-7,9H2,1-4H3. The van der Waals surface area contributed by atoms with Gasteiger partial charge < -0.3 is 9.47 Å². The van der Waals surface area contributed by atoms with Crippen molar-refractivity contribution >= 4 is 21.6 Å². The van der Waals surface area contributed by atoms with Crippen LogP contribution < -0.4 is 0 Å². The van der Waals surface area contributed by atoms with Crippen LogP contribution in [0, 0.1) is 0 Å². The third-order valence-corrected chi connectivity index (χ3v) is 5.10. The molecule has 0 fully saturated rings. The van der Waals surface area contributed by atoms with E-state index in [4.69, 9.17) is 11.6 Å². The Bertz CT molecular complexity index is 490. The maximum absolute atomic E-state index is 12.4. The number of rotatable bonds is 7. The van der Waals surface area contributed by atoms with Crippen LogP contribution in [0.3, 0.4) is 0 Å². The molecule has 7 heteroatoms. The minimum atomic E-state index is -3.43. The maximum Gasteiger partial charge on any atom is 0.244 e. The van der Waals surface area contributed by atoms with Crippen molar-refractivity contribution in [2.45, 2.75) is 24.2 Å². The van der Waals surface area contributed by atoms with Crippen molar-refractivity contribution in [3.63, 3.8) is 0 Å². The van der Waals surface area contributed by atoms with Crippen molar-refractivity contribution in [1.29, 1.82) is 0 Å². The Labute approximate surface area is 120 Å². The second-order valence-corrected chi connectivity index (χ2v) is 7.03. The van der Waals surface area contributed by atoms with Gasteiger partial charge in [-0.2, -0.15) is 4.31 Å². The monoisotopic (exact) mass is 307 g/mol. The first-order valence-corrected chi connectivity index (χ1v) is 8.16. The lowest BCUT2D eigenvalue weighted by atomic mass is 10.5. The normalized spacial score (nSPS) is 12.6. The summed E-state index contributed by atoms with van der Waals surface area (Å²) < 4.78 is 28.0. The maximum atomic E-state index is 12.4. The van der Waals surface area contributed by atoms with E-state index in [0.717, 1.165) is 5.69 Å². The number of likely N-dealkylation sites (N-methyl/N-ethyl adjacent to an activating group) is 2. The molecule has 0 radical (unpaired) electrons. The van der Waals surface area contributed by atoms with Crippen LogP contribution in [0.4, 0.5) is 0 Å². The smallest absolute Gasteiger partial charge is 0.244 e. The Kier molecular flexibility index (Phi) is 5.85. The van der Waals surface area contributed by atoms with Crippen molar-refractivity contribution in [1.82, 2.24) is 13.8 Å². The molecule has 0 aliphatic rings. The molecule has 0 saturated heterocycles. The molecule has 0 saturated carbocycles. The molecule has 0 N–H and O–H groups in total. The summed E-state index contributed by atoms with van der Waals surface area (Å²) in [7, 11) is 2.00. The number of alkyl halides is 1. The van der Waals surface area contributed by atoms with Crippen molar-refractivity contribution in [3.05, 3.63) is 18.0 Å². The molecule has 0 aliphatic carbocycles. The molecular formula is C12H22ClN3O2S. The van der Waals surface area contributed by atoms with Crippen molar-refractivity contribution < 1.29 is 8.42 Å². The molecule has 1 aromatic heterocycles. The summed E-state index contributed by atoms with van der Waals surface area (Å²) in [6.07, 6.45) is 1.65. The predicted octanol–water partition coefficient (Wildman–Crippen LogP) is 1.43. The van der Waals surface area contributed by atoms with Gasteiger partial charge in [0.15, 0.2) is 0 Å². The number of aromatic nitrogens is 1. The van der Waals surface area contributed by atoms with E-state index >= 15 is 0 Å². The molecule has 0 atom stereocenters. The van der Waals surface area contributed by atoms with E-state index in [1.807, 2.05) is 30.5 Å². The zero-order chi connectivity index (χ0) is 14.6. The van der Waals surface area contributed by atoms with E-state index in [1.54, 1.807) is 19.3 Å². The average Bonchev–Trinajstić information content (AvgIpc) is 2.79. The quantitative estimate of drug-likeness (QED) is 0.716. The molecule has 1 heterocycles. The molecule has 0 spiro atoms. The van der Waals surface area contributed by atoms with E-state index in [-0.39, 0.29) is 0 Å². The van der Waals surface area contributed by atoms with Crippen LogP contribution in [-0.4, -0.2) is 56.4 Å². The minimum absolute atomic E-state index is 0.310. The first-order chi connectivity index (χ1) is 8.82. The molecule has 5 nitrogen and oxygen atoms in total. The lowest BCUT2D eigenvalue weighted by Gasteiger charge is -2.18. The third kappa shape index (κ3) is 3.95. The molecule has 0 amide bonds. The van der Waals surface area contributed by atoms with Gasteiger partial charge in [0.25, 0.3) is 0 Å². The highest BCUT2D eigenvalue weighted by Crippen LogP contribution is 2.19. The van der Waals surface area contributed by atoms with Gasteiger partial charge in [0, 0.05) is 38.6 Å². The molecule has 0 aliphatic heterocycles. The fourth-order valence-electron chi connectivity index (χ4n) is 1.71. The highest BCUT2D eigenvalue weighted by molar-refractivity contribution is 7.89. The van der Waals surface area contributed by atoms with E-state index in [9.17, 15) is 8.42 Å². The number of sulfonamides is 1. The van der Waals surface area contributed by atoms with Gasteiger partial charge >= 0.3 is 0 Å². The number of halogens is 1. The van der Waals surface area contributed by atoms with Crippen LogP contribution in [0.5, 0.6) is 0 Å². The Hall–Kier alpha value is -0.560. The Morgan fingerprint density at radius 3 is 2.32 bits per heavy atom. The summed E-state index contributed by atoms with van der Waals surface area (Å²) in [6, 6.07) is 1.65. The van der Waals surface area contributed by atoms with Crippen molar-refractivity contribution in [2.24, 2.45) is 0 Å². The summed E-state index contributed by atoms with van der Waals surface area (Å²) >= 11 is 5.82. The summed E-state index contributed by atoms with van der Waals surface area (Å²) in [6.45, 7) is 3.82. The van der Waals surface area contributed by atoms with Gasteiger partial charge in [-0.05, 0) is 27.1 Å². The first-order valence-electron chi connectivity index (χ1n) is 6.19. The Balaban J connectivity index is 2.96. The molecule has 0 bridgehead atoms. The molecular weight excluding hydrogens is 286 g/mol. The van der Waals surface area contributed by atoms with E-state index in [2.05, 4.69) is 0 Å². The third-order valence-electron chi connectivity index (χ3n) is 3.01. The summed E-state index contributed by atoms with van der Waals surface area (Å²) in [4.78, 5) is 2.26. The lowest BCUT2D eigenvalue weighted by molar-refractivity contribution is 0.358. The molecule has 1 aromatic rings. The highest BCUT2D eigenvalue weighted by Gasteiger charge is 2.23. The number of hydrogen-bond acceptors (Lipinski definition) is 3. The fourth-order valence-corrected chi connectivity index (χ4v) is 3.17. The van der Waals surface area contributed by atoms with Gasteiger partial charge in [0.1, 0.15) is 4.90 Å². The van der Waals surface area contributed by atoms with Gasteiger partial charge in [-0.3, -0.25) is 0 Å². The SMILES string of the molecule is CCn1cc(S(=O)(=O)N(C)CCN(C)C)cc1CCl. The van der Waals surface area contributed by atoms with E-state index in [0.29, 0.717) is 30.4 Å². The summed E-state index contributed by atoms with van der Waals surface area (Å²) in [5.74, 6) is 0.310. The van der Waals surface area contributed by atoms with Gasteiger partial charge in [-0.15, -0.1) is 11.6 Å². The average molecular weight is 308 g/mol. The van der Waals surface area contributed by atoms with Crippen LogP contribution in [-0.2, 0) is 22.4 Å². The number of hydrogen-bond donors (Lipinski definition) is 0. The molecule has 19 heavy (non-hydrogen) atoms. The van der Waals surface area contributed by atoms with E-state index < -0.39 is 10.0 Å². The fraction of sp³-hybridized carbons (Fsp3) is 0.667. The Morgan fingerprint density at radius 1 is 1.26 bits per heavy atom. The summed E-state index contributed by atoms with van der Waals surface area (Å²) in [5, 5.41) is 0. The zero-order valence-electron chi connectivity index (χ0n) is 11.9. The van der Waals surface area contributed by atoms with Gasteiger partial charge in [-0.25, -0.2) is 8.42 Å². The number of nitrogens with zero attached hydrogens (tertiary/aromatic N) is 3. The second kappa shape index (κ2) is 6.74. The largest absolute Gasteiger partial charge is 0.349 e. The predicted molar refractivity (Wildman–Crippen MR) is 78.0 cm³/mol. The van der Waals surface area contributed by atoms with Crippen LogP contribution in [0.2, 0.25) is 0 Å². The molecule has 0 unspecified atom stereocenters.